The van der Waals surface area contributed by atoms with E-state index in [2.05, 4.69) is 33.8 Å². The average molecular weight is 211 g/mol. The smallest absolute Gasteiger partial charge is 0.410 e. The van der Waals surface area contributed by atoms with Crippen molar-refractivity contribution < 1.29 is 9.53 Å². The minimum Gasteiger partial charge on any atom is -0.447 e. The molecule has 1 aliphatic rings. The van der Waals surface area contributed by atoms with Crippen LogP contribution in [0.15, 0.2) is 11.6 Å². The zero-order valence-corrected chi connectivity index (χ0v) is 10.1. The molecule has 15 heavy (non-hydrogen) atoms. The van der Waals surface area contributed by atoms with Crippen molar-refractivity contribution in [3.63, 3.8) is 0 Å². The van der Waals surface area contributed by atoms with Crippen LogP contribution in [0, 0.1) is 5.92 Å². The normalized spacial score (nSPS) is 22.5. The summed E-state index contributed by atoms with van der Waals surface area (Å²) in [6, 6.07) is 0.234. The molecule has 0 radical (unpaired) electrons. The fourth-order valence-corrected chi connectivity index (χ4v) is 1.88. The molecule has 0 N–H and O–H groups in total. The van der Waals surface area contributed by atoms with Gasteiger partial charge in [0.25, 0.3) is 0 Å². The second kappa shape index (κ2) is 5.19. The van der Waals surface area contributed by atoms with Gasteiger partial charge in [0.2, 0.25) is 0 Å². The van der Waals surface area contributed by atoms with Crippen molar-refractivity contribution in [3.8, 4) is 0 Å². The Labute approximate surface area is 92.1 Å². The lowest BCUT2D eigenvalue weighted by Gasteiger charge is -2.24. The SMILES string of the molecule is CC/C=C(\C)CN1C(=O)OC[C@H]1C(C)C. The summed E-state index contributed by atoms with van der Waals surface area (Å²) in [5, 5.41) is 0. The number of cyclic esters (lactones) is 1. The average Bonchev–Trinajstić information content (AvgIpc) is 2.48. The monoisotopic (exact) mass is 211 g/mol. The van der Waals surface area contributed by atoms with Gasteiger partial charge in [-0.05, 0) is 19.3 Å². The first-order chi connectivity index (χ1) is 7.06. The standard InChI is InChI=1S/C12H21NO2/c1-5-6-10(4)7-13-11(9(2)3)8-15-12(13)14/h6,9,11H,5,7-8H2,1-4H3/b10-6+/t11-/m0/s1. The lowest BCUT2D eigenvalue weighted by atomic mass is 10.0. The number of nitrogens with zero attached hydrogens (tertiary/aromatic N) is 1. The zero-order chi connectivity index (χ0) is 11.4. The number of ether oxygens (including phenoxy) is 1. The molecule has 1 rings (SSSR count). The summed E-state index contributed by atoms with van der Waals surface area (Å²) in [4.78, 5) is 13.3. The van der Waals surface area contributed by atoms with Gasteiger partial charge in [0.15, 0.2) is 0 Å². The van der Waals surface area contributed by atoms with Gasteiger partial charge in [-0.1, -0.05) is 32.4 Å². The molecule has 1 aliphatic heterocycles. The van der Waals surface area contributed by atoms with Crippen LogP contribution in [-0.4, -0.2) is 30.2 Å². The summed E-state index contributed by atoms with van der Waals surface area (Å²) in [6.45, 7) is 9.65. The van der Waals surface area contributed by atoms with Crippen LogP contribution in [0.5, 0.6) is 0 Å². The Kier molecular flexibility index (Phi) is 4.18. The number of hydrogen-bond donors (Lipinski definition) is 0. The number of hydrogen-bond acceptors (Lipinski definition) is 2. The minimum absolute atomic E-state index is 0.169. The van der Waals surface area contributed by atoms with Crippen LogP contribution >= 0.6 is 0 Å². The van der Waals surface area contributed by atoms with Gasteiger partial charge in [-0.15, -0.1) is 0 Å². The number of carbonyl (C=O) groups is 1. The molecule has 0 aromatic carbocycles. The van der Waals surface area contributed by atoms with E-state index in [9.17, 15) is 4.79 Å². The maximum absolute atomic E-state index is 11.5. The van der Waals surface area contributed by atoms with Crippen LogP contribution in [0.3, 0.4) is 0 Å². The van der Waals surface area contributed by atoms with Gasteiger partial charge in [-0.3, -0.25) is 4.90 Å². The van der Waals surface area contributed by atoms with Crippen LogP contribution in [-0.2, 0) is 4.74 Å². The van der Waals surface area contributed by atoms with Crippen molar-refractivity contribution in [3.05, 3.63) is 11.6 Å². The van der Waals surface area contributed by atoms with E-state index in [-0.39, 0.29) is 12.1 Å². The first-order valence-corrected chi connectivity index (χ1v) is 5.65. The second-order valence-corrected chi connectivity index (χ2v) is 4.47. The van der Waals surface area contributed by atoms with Crippen molar-refractivity contribution in [2.45, 2.75) is 40.2 Å². The Bertz CT molecular complexity index is 258. The maximum Gasteiger partial charge on any atom is 0.410 e. The molecule has 1 fully saturated rings. The summed E-state index contributed by atoms with van der Waals surface area (Å²) in [5.74, 6) is 0.450. The second-order valence-electron chi connectivity index (χ2n) is 4.47. The molecule has 0 unspecified atom stereocenters. The largest absolute Gasteiger partial charge is 0.447 e. The number of allylic oxidation sites excluding steroid dienone is 1. The van der Waals surface area contributed by atoms with Crippen LogP contribution < -0.4 is 0 Å². The minimum atomic E-state index is -0.169. The third-order valence-corrected chi connectivity index (χ3v) is 2.75. The molecule has 0 aromatic heterocycles. The van der Waals surface area contributed by atoms with E-state index in [0.29, 0.717) is 19.1 Å². The Morgan fingerprint density at radius 1 is 1.67 bits per heavy atom. The van der Waals surface area contributed by atoms with Crippen molar-refractivity contribution in [1.82, 2.24) is 4.90 Å². The highest BCUT2D eigenvalue weighted by Crippen LogP contribution is 2.20. The number of amides is 1. The molecule has 1 heterocycles. The fraction of sp³-hybridized carbons (Fsp3) is 0.750. The molecule has 0 bridgehead atoms. The van der Waals surface area contributed by atoms with Gasteiger partial charge >= 0.3 is 6.09 Å². The molecule has 0 aliphatic carbocycles. The Morgan fingerprint density at radius 2 is 2.33 bits per heavy atom. The van der Waals surface area contributed by atoms with E-state index >= 15 is 0 Å². The van der Waals surface area contributed by atoms with Crippen LogP contribution in [0.4, 0.5) is 4.79 Å². The predicted molar refractivity (Wildman–Crippen MR) is 60.7 cm³/mol. The quantitative estimate of drug-likeness (QED) is 0.669. The van der Waals surface area contributed by atoms with Gasteiger partial charge in [-0.25, -0.2) is 4.79 Å². The van der Waals surface area contributed by atoms with E-state index in [1.807, 2.05) is 4.90 Å². The lowest BCUT2D eigenvalue weighted by molar-refractivity contribution is 0.159. The topological polar surface area (TPSA) is 29.5 Å². The molecule has 3 nitrogen and oxygen atoms in total. The molecule has 86 valence electrons. The molecule has 0 saturated carbocycles. The maximum atomic E-state index is 11.5. The fourth-order valence-electron chi connectivity index (χ4n) is 1.88. The van der Waals surface area contributed by atoms with E-state index < -0.39 is 0 Å². The predicted octanol–water partition coefficient (Wildman–Crippen LogP) is 2.82. The molecule has 1 atom stereocenters. The molecular weight excluding hydrogens is 190 g/mol. The van der Waals surface area contributed by atoms with E-state index in [1.54, 1.807) is 0 Å². The van der Waals surface area contributed by atoms with Crippen LogP contribution in [0.2, 0.25) is 0 Å². The Hall–Kier alpha value is -0.990. The third-order valence-electron chi connectivity index (χ3n) is 2.75. The van der Waals surface area contributed by atoms with Gasteiger partial charge in [-0.2, -0.15) is 0 Å². The van der Waals surface area contributed by atoms with Crippen molar-refractivity contribution in [1.29, 1.82) is 0 Å². The van der Waals surface area contributed by atoms with Crippen molar-refractivity contribution >= 4 is 6.09 Å². The highest BCUT2D eigenvalue weighted by Gasteiger charge is 2.34. The van der Waals surface area contributed by atoms with Gasteiger partial charge in [0.1, 0.15) is 6.61 Å². The molecule has 0 aromatic rings. The molecular formula is C12H21NO2. The Morgan fingerprint density at radius 3 is 2.87 bits per heavy atom. The van der Waals surface area contributed by atoms with Crippen LogP contribution in [0.25, 0.3) is 0 Å². The summed E-state index contributed by atoms with van der Waals surface area (Å²) >= 11 is 0. The van der Waals surface area contributed by atoms with Crippen LogP contribution in [0.1, 0.15) is 34.1 Å². The van der Waals surface area contributed by atoms with E-state index in [0.717, 1.165) is 6.42 Å². The number of rotatable bonds is 4. The van der Waals surface area contributed by atoms with E-state index in [4.69, 9.17) is 4.74 Å². The number of carbonyl (C=O) groups excluding carboxylic acids is 1. The highest BCUT2D eigenvalue weighted by molar-refractivity contribution is 5.70. The summed E-state index contributed by atoms with van der Waals surface area (Å²) in [6.07, 6.45) is 3.00. The third kappa shape index (κ3) is 2.98. The summed E-state index contributed by atoms with van der Waals surface area (Å²) in [5.41, 5.74) is 1.24. The summed E-state index contributed by atoms with van der Waals surface area (Å²) in [7, 11) is 0. The molecule has 0 spiro atoms. The van der Waals surface area contributed by atoms with Gasteiger partial charge < -0.3 is 4.74 Å². The first-order valence-electron chi connectivity index (χ1n) is 5.65. The molecule has 1 saturated heterocycles. The van der Waals surface area contributed by atoms with E-state index in [1.165, 1.54) is 5.57 Å². The summed E-state index contributed by atoms with van der Waals surface area (Å²) < 4.78 is 5.08. The zero-order valence-electron chi connectivity index (χ0n) is 10.1. The highest BCUT2D eigenvalue weighted by atomic mass is 16.6. The first kappa shape index (κ1) is 12.1. The van der Waals surface area contributed by atoms with Crippen molar-refractivity contribution in [2.75, 3.05) is 13.2 Å². The lowest BCUT2D eigenvalue weighted by Crippen LogP contribution is -2.38. The molecule has 3 heteroatoms. The Balaban J connectivity index is 2.64. The van der Waals surface area contributed by atoms with Gasteiger partial charge in [0.05, 0.1) is 6.04 Å². The van der Waals surface area contributed by atoms with Crippen molar-refractivity contribution in [2.24, 2.45) is 5.92 Å². The van der Waals surface area contributed by atoms with Gasteiger partial charge in [0, 0.05) is 6.54 Å². The molecule has 1 amide bonds.